The smallest absolute Gasteiger partial charge is 0.111 e. The zero-order valence-electron chi connectivity index (χ0n) is 27.9. The second-order valence-electron chi connectivity index (χ2n) is 13.5. The maximum absolute atomic E-state index is 4.81. The van der Waals surface area contributed by atoms with Crippen molar-refractivity contribution in [3.8, 4) is 27.9 Å². The van der Waals surface area contributed by atoms with E-state index in [-0.39, 0.29) is 0 Å². The molecule has 0 bridgehead atoms. The molecule has 0 saturated carbocycles. The second kappa shape index (κ2) is 10.9. The molecular weight excluding hydrogens is 637 g/mol. The van der Waals surface area contributed by atoms with Crippen LogP contribution in [0.25, 0.3) is 102 Å². The molecule has 0 amide bonds. The number of imidazole rings is 1. The molecule has 9 aromatic carbocycles. The number of para-hydroxylation sites is 2. The van der Waals surface area contributed by atoms with E-state index >= 15 is 0 Å². The number of fused-ring (bicyclic) bond motifs is 11. The van der Waals surface area contributed by atoms with Crippen LogP contribution in [0.15, 0.2) is 164 Å². The zero-order chi connectivity index (χ0) is 33.6. The molecule has 2 heterocycles. The van der Waals surface area contributed by atoms with Crippen LogP contribution in [-0.2, 0) is 0 Å². The van der Waals surface area contributed by atoms with Crippen molar-refractivity contribution in [1.82, 2.24) is 9.55 Å². The molecule has 238 valence electrons. The monoisotopic (exact) mass is 666 g/mol. The standard InChI is InChI=1S/C48H30N2S/c1-29-49-42-20-10-11-21-43(42)50(29)32-25-22-30(23-26-32)45-36-15-5-7-17-38(36)46(39-18-8-6-16-37(39)45)31-24-27-44-41(28-31)47-35-14-4-2-12-33(35)34-13-3-9-19-40(34)48(47)51-44/h2-28H,1H3. The first-order chi connectivity index (χ1) is 25.2. The third-order valence-corrected chi connectivity index (χ3v) is 11.9. The summed E-state index contributed by atoms with van der Waals surface area (Å²) in [6, 6.07) is 60.2. The fraction of sp³-hybridized carbons (Fsp3) is 0.0208. The van der Waals surface area contributed by atoms with Crippen LogP contribution in [0.1, 0.15) is 5.82 Å². The molecule has 0 saturated heterocycles. The molecule has 0 fully saturated rings. The lowest BCUT2D eigenvalue weighted by atomic mass is 9.85. The Morgan fingerprint density at radius 1 is 0.451 bits per heavy atom. The lowest BCUT2D eigenvalue weighted by Gasteiger charge is -2.18. The third-order valence-electron chi connectivity index (χ3n) is 10.7. The maximum Gasteiger partial charge on any atom is 0.111 e. The van der Waals surface area contributed by atoms with Gasteiger partial charge in [-0.05, 0) is 103 Å². The molecule has 11 aromatic rings. The van der Waals surface area contributed by atoms with Gasteiger partial charge in [0.2, 0.25) is 0 Å². The van der Waals surface area contributed by atoms with Crippen molar-refractivity contribution in [2.75, 3.05) is 0 Å². The average molecular weight is 667 g/mol. The van der Waals surface area contributed by atoms with Crippen LogP contribution >= 0.6 is 11.3 Å². The van der Waals surface area contributed by atoms with Crippen molar-refractivity contribution >= 4 is 85.6 Å². The summed E-state index contributed by atoms with van der Waals surface area (Å²) in [5.74, 6) is 0.987. The first-order valence-electron chi connectivity index (χ1n) is 17.5. The molecule has 2 nitrogen and oxygen atoms in total. The van der Waals surface area contributed by atoms with Crippen LogP contribution in [-0.4, -0.2) is 9.55 Å². The van der Waals surface area contributed by atoms with E-state index in [2.05, 4.69) is 169 Å². The van der Waals surface area contributed by atoms with E-state index in [0.717, 1.165) is 22.5 Å². The number of rotatable bonds is 3. The molecule has 0 aliphatic rings. The minimum atomic E-state index is 0.987. The van der Waals surface area contributed by atoms with Crippen molar-refractivity contribution in [3.63, 3.8) is 0 Å². The Morgan fingerprint density at radius 2 is 0.961 bits per heavy atom. The SMILES string of the molecule is Cc1nc2ccccc2n1-c1ccc(-c2c3ccccc3c(-c3ccc4sc5c6ccccc6c6ccccc6c5c4c3)c3ccccc23)cc1. The van der Waals surface area contributed by atoms with E-state index in [1.807, 2.05) is 17.4 Å². The van der Waals surface area contributed by atoms with E-state index in [4.69, 9.17) is 4.98 Å². The molecule has 3 heteroatoms. The van der Waals surface area contributed by atoms with Gasteiger partial charge in [0.15, 0.2) is 0 Å². The van der Waals surface area contributed by atoms with Gasteiger partial charge in [0.1, 0.15) is 5.82 Å². The highest BCUT2D eigenvalue weighted by molar-refractivity contribution is 7.27. The summed E-state index contributed by atoms with van der Waals surface area (Å²) in [5, 5.41) is 13.0. The van der Waals surface area contributed by atoms with Crippen molar-refractivity contribution in [1.29, 1.82) is 0 Å². The fourth-order valence-electron chi connectivity index (χ4n) is 8.56. The zero-order valence-corrected chi connectivity index (χ0v) is 28.7. The van der Waals surface area contributed by atoms with Crippen LogP contribution in [0.4, 0.5) is 0 Å². The topological polar surface area (TPSA) is 17.8 Å². The molecule has 51 heavy (non-hydrogen) atoms. The molecule has 0 aliphatic heterocycles. The largest absolute Gasteiger partial charge is 0.297 e. The van der Waals surface area contributed by atoms with Gasteiger partial charge >= 0.3 is 0 Å². The Kier molecular flexibility index (Phi) is 6.07. The lowest BCUT2D eigenvalue weighted by molar-refractivity contribution is 1.00. The normalized spacial score (nSPS) is 12.0. The van der Waals surface area contributed by atoms with Gasteiger partial charge in [0.05, 0.1) is 11.0 Å². The van der Waals surface area contributed by atoms with Crippen LogP contribution < -0.4 is 0 Å². The lowest BCUT2D eigenvalue weighted by Crippen LogP contribution is -1.97. The highest BCUT2D eigenvalue weighted by Crippen LogP contribution is 2.48. The third kappa shape index (κ3) is 4.13. The van der Waals surface area contributed by atoms with Gasteiger partial charge in [-0.3, -0.25) is 4.57 Å². The van der Waals surface area contributed by atoms with Gasteiger partial charge in [-0.2, -0.15) is 0 Å². The van der Waals surface area contributed by atoms with Crippen LogP contribution in [0.5, 0.6) is 0 Å². The molecule has 0 unspecified atom stereocenters. The Hall–Kier alpha value is -6.29. The minimum absolute atomic E-state index is 0.987. The van der Waals surface area contributed by atoms with Crippen molar-refractivity contribution in [2.24, 2.45) is 0 Å². The first-order valence-corrected chi connectivity index (χ1v) is 18.3. The highest BCUT2D eigenvalue weighted by Gasteiger charge is 2.19. The van der Waals surface area contributed by atoms with E-state index in [0.29, 0.717) is 0 Å². The van der Waals surface area contributed by atoms with Gasteiger partial charge < -0.3 is 0 Å². The van der Waals surface area contributed by atoms with Crippen molar-refractivity contribution in [3.05, 3.63) is 170 Å². The van der Waals surface area contributed by atoms with Crippen molar-refractivity contribution < 1.29 is 0 Å². The fourth-order valence-corrected chi connectivity index (χ4v) is 9.80. The summed E-state index contributed by atoms with van der Waals surface area (Å²) < 4.78 is 4.93. The molecule has 0 aliphatic carbocycles. The summed E-state index contributed by atoms with van der Waals surface area (Å²) in [4.78, 5) is 4.81. The number of thiophene rings is 1. The Bertz CT molecular complexity index is 3140. The minimum Gasteiger partial charge on any atom is -0.297 e. The predicted molar refractivity (Wildman–Crippen MR) is 220 cm³/mol. The van der Waals surface area contributed by atoms with Crippen LogP contribution in [0.3, 0.4) is 0 Å². The van der Waals surface area contributed by atoms with Gasteiger partial charge in [-0.25, -0.2) is 4.98 Å². The first kappa shape index (κ1) is 28.5. The van der Waals surface area contributed by atoms with E-state index in [9.17, 15) is 0 Å². The number of aryl methyl sites for hydroxylation is 1. The Labute approximate surface area is 298 Å². The van der Waals surface area contributed by atoms with Gasteiger partial charge in [0.25, 0.3) is 0 Å². The molecule has 0 atom stereocenters. The quantitative estimate of drug-likeness (QED) is 0.136. The van der Waals surface area contributed by atoms with E-state index < -0.39 is 0 Å². The van der Waals surface area contributed by atoms with Crippen LogP contribution in [0, 0.1) is 6.92 Å². The molecule has 0 N–H and O–H groups in total. The predicted octanol–water partition coefficient (Wildman–Crippen LogP) is 13.6. The van der Waals surface area contributed by atoms with Gasteiger partial charge in [0, 0.05) is 31.2 Å². The molecule has 11 rings (SSSR count). The number of aromatic nitrogens is 2. The summed E-state index contributed by atoms with van der Waals surface area (Å²) in [7, 11) is 0. The number of hydrogen-bond acceptors (Lipinski definition) is 2. The highest BCUT2D eigenvalue weighted by atomic mass is 32.1. The van der Waals surface area contributed by atoms with E-state index in [1.54, 1.807) is 0 Å². The van der Waals surface area contributed by atoms with Crippen LogP contribution in [0.2, 0.25) is 0 Å². The summed E-state index contributed by atoms with van der Waals surface area (Å²) >= 11 is 1.91. The summed E-state index contributed by atoms with van der Waals surface area (Å²) in [5.41, 5.74) is 8.26. The molecular formula is C48H30N2S. The Morgan fingerprint density at radius 3 is 1.63 bits per heavy atom. The number of hydrogen-bond donors (Lipinski definition) is 0. The molecule has 2 aromatic heterocycles. The number of benzene rings is 9. The second-order valence-corrected chi connectivity index (χ2v) is 14.5. The maximum atomic E-state index is 4.81. The summed E-state index contributed by atoms with van der Waals surface area (Å²) in [6.45, 7) is 2.08. The van der Waals surface area contributed by atoms with Gasteiger partial charge in [-0.15, -0.1) is 11.3 Å². The Balaban J connectivity index is 1.15. The summed E-state index contributed by atoms with van der Waals surface area (Å²) in [6.07, 6.45) is 0. The van der Waals surface area contributed by atoms with Gasteiger partial charge in [-0.1, -0.05) is 127 Å². The van der Waals surface area contributed by atoms with E-state index in [1.165, 1.54) is 85.5 Å². The average Bonchev–Trinajstić information content (AvgIpc) is 3.74. The molecule has 0 spiro atoms. The van der Waals surface area contributed by atoms with Crippen molar-refractivity contribution in [2.45, 2.75) is 6.92 Å². The molecule has 0 radical (unpaired) electrons. The number of nitrogens with zero attached hydrogens (tertiary/aromatic N) is 2.